The molecule has 1 unspecified atom stereocenters. The van der Waals surface area contributed by atoms with Crippen LogP contribution >= 0.6 is 0 Å². The van der Waals surface area contributed by atoms with Gasteiger partial charge in [-0.2, -0.15) is 0 Å². The van der Waals surface area contributed by atoms with E-state index >= 15 is 0 Å². The Balaban J connectivity index is 1.44. The molecule has 30 heavy (non-hydrogen) atoms. The number of hydrogen-bond acceptors (Lipinski definition) is 4. The largest absolute Gasteiger partial charge is 0.436 e. The number of oxazole rings is 1. The van der Waals surface area contributed by atoms with E-state index in [0.717, 1.165) is 22.2 Å². The predicted molar refractivity (Wildman–Crippen MR) is 116 cm³/mol. The Bertz CT molecular complexity index is 1130. The average Bonchev–Trinajstić information content (AvgIpc) is 3.18. The molecule has 0 radical (unpaired) electrons. The molecule has 0 saturated heterocycles. The molecule has 0 aliphatic carbocycles. The zero-order chi connectivity index (χ0) is 20.9. The summed E-state index contributed by atoms with van der Waals surface area (Å²) in [5, 5.41) is 5.72. The van der Waals surface area contributed by atoms with Gasteiger partial charge in [-0.15, -0.1) is 0 Å². The number of carbonyl (C=O) groups excluding carboxylic acids is 2. The lowest BCUT2D eigenvalue weighted by atomic mass is 10.0. The lowest BCUT2D eigenvalue weighted by Gasteiger charge is -2.18. The van der Waals surface area contributed by atoms with E-state index in [0.29, 0.717) is 11.6 Å². The van der Waals surface area contributed by atoms with Gasteiger partial charge in [0, 0.05) is 18.2 Å². The Morgan fingerprint density at radius 2 is 1.63 bits per heavy atom. The molecule has 0 aliphatic rings. The van der Waals surface area contributed by atoms with Crippen LogP contribution in [0, 0.1) is 0 Å². The maximum atomic E-state index is 12.6. The van der Waals surface area contributed by atoms with Crippen molar-refractivity contribution in [3.63, 3.8) is 0 Å². The molecule has 150 valence electrons. The van der Waals surface area contributed by atoms with Crippen LogP contribution in [-0.2, 0) is 9.59 Å². The van der Waals surface area contributed by atoms with Gasteiger partial charge in [0.25, 0.3) is 0 Å². The molecule has 0 spiro atoms. The van der Waals surface area contributed by atoms with Crippen LogP contribution in [0.15, 0.2) is 83.3 Å². The Kier molecular flexibility index (Phi) is 5.57. The van der Waals surface area contributed by atoms with Gasteiger partial charge in [0.15, 0.2) is 5.58 Å². The second kappa shape index (κ2) is 8.61. The normalized spacial score (nSPS) is 11.8. The molecule has 4 rings (SSSR count). The highest BCUT2D eigenvalue weighted by molar-refractivity contribution is 5.92. The minimum absolute atomic E-state index is 0.135. The van der Waals surface area contributed by atoms with E-state index in [-0.39, 0.29) is 24.3 Å². The Morgan fingerprint density at radius 1 is 0.933 bits per heavy atom. The fourth-order valence-electron chi connectivity index (χ4n) is 3.27. The number of amides is 2. The van der Waals surface area contributed by atoms with Crippen LogP contribution in [0.4, 0.5) is 5.69 Å². The number of anilines is 1. The molecule has 6 nitrogen and oxygen atoms in total. The van der Waals surface area contributed by atoms with Crippen molar-refractivity contribution in [1.82, 2.24) is 10.3 Å². The minimum atomic E-state index is -0.386. The maximum absolute atomic E-state index is 12.6. The van der Waals surface area contributed by atoms with Crippen LogP contribution < -0.4 is 10.6 Å². The quantitative estimate of drug-likeness (QED) is 0.492. The maximum Gasteiger partial charge on any atom is 0.227 e. The number of nitrogens with zero attached hydrogens (tertiary/aromatic N) is 1. The van der Waals surface area contributed by atoms with Gasteiger partial charge in [-0.1, -0.05) is 42.5 Å². The molecule has 3 aromatic carbocycles. The third kappa shape index (κ3) is 4.55. The Morgan fingerprint density at radius 3 is 2.33 bits per heavy atom. The van der Waals surface area contributed by atoms with Crippen molar-refractivity contribution in [2.75, 3.05) is 5.32 Å². The zero-order valence-corrected chi connectivity index (χ0v) is 16.5. The van der Waals surface area contributed by atoms with Crippen LogP contribution in [-0.4, -0.2) is 16.8 Å². The van der Waals surface area contributed by atoms with E-state index in [1.807, 2.05) is 66.7 Å². The fraction of sp³-hybridized carbons (Fsp3) is 0.125. The van der Waals surface area contributed by atoms with E-state index in [4.69, 9.17) is 4.42 Å². The number of carbonyl (C=O) groups is 2. The lowest BCUT2D eigenvalue weighted by Crippen LogP contribution is -2.29. The van der Waals surface area contributed by atoms with Crippen LogP contribution in [0.5, 0.6) is 0 Å². The SMILES string of the molecule is CC(=O)NC(CC(=O)Nc1ccc(-c2nc3ccccc3o2)cc1)c1ccccc1. The molecule has 6 heteroatoms. The summed E-state index contributed by atoms with van der Waals surface area (Å²) in [6.45, 7) is 1.44. The molecule has 0 fully saturated rings. The van der Waals surface area contributed by atoms with Crippen molar-refractivity contribution in [2.24, 2.45) is 0 Å². The Hall–Kier alpha value is -3.93. The van der Waals surface area contributed by atoms with Crippen molar-refractivity contribution in [1.29, 1.82) is 0 Å². The van der Waals surface area contributed by atoms with Gasteiger partial charge >= 0.3 is 0 Å². The summed E-state index contributed by atoms with van der Waals surface area (Å²) < 4.78 is 5.77. The summed E-state index contributed by atoms with van der Waals surface area (Å²) in [5.41, 5.74) is 3.90. The smallest absolute Gasteiger partial charge is 0.227 e. The van der Waals surface area contributed by atoms with E-state index in [2.05, 4.69) is 15.6 Å². The topological polar surface area (TPSA) is 84.2 Å². The number of hydrogen-bond donors (Lipinski definition) is 2. The number of nitrogens with one attached hydrogen (secondary N) is 2. The predicted octanol–water partition coefficient (Wildman–Crippen LogP) is 4.70. The molecule has 4 aromatic rings. The molecule has 1 atom stereocenters. The number of para-hydroxylation sites is 2. The van der Waals surface area contributed by atoms with Crippen molar-refractivity contribution in [3.8, 4) is 11.5 Å². The first kappa shape index (κ1) is 19.4. The summed E-state index contributed by atoms with van der Waals surface area (Å²) in [5.74, 6) is 0.162. The first-order valence-electron chi connectivity index (χ1n) is 9.66. The van der Waals surface area contributed by atoms with Crippen molar-refractivity contribution < 1.29 is 14.0 Å². The summed E-state index contributed by atoms with van der Waals surface area (Å²) in [7, 11) is 0. The van der Waals surface area contributed by atoms with E-state index in [1.54, 1.807) is 12.1 Å². The molecular formula is C24H21N3O3. The molecular weight excluding hydrogens is 378 g/mol. The van der Waals surface area contributed by atoms with E-state index in [9.17, 15) is 9.59 Å². The third-order valence-corrected chi connectivity index (χ3v) is 4.68. The molecule has 0 bridgehead atoms. The molecule has 0 saturated carbocycles. The first-order valence-corrected chi connectivity index (χ1v) is 9.66. The molecule has 2 N–H and O–H groups in total. The third-order valence-electron chi connectivity index (χ3n) is 4.68. The Labute approximate surface area is 173 Å². The number of benzene rings is 3. The van der Waals surface area contributed by atoms with Crippen molar-refractivity contribution >= 4 is 28.6 Å². The van der Waals surface area contributed by atoms with Gasteiger partial charge < -0.3 is 15.1 Å². The van der Waals surface area contributed by atoms with Crippen LogP contribution in [0.1, 0.15) is 24.9 Å². The lowest BCUT2D eigenvalue weighted by molar-refractivity contribution is -0.120. The van der Waals surface area contributed by atoms with Crippen molar-refractivity contribution in [2.45, 2.75) is 19.4 Å². The summed E-state index contributed by atoms with van der Waals surface area (Å²) in [4.78, 5) is 28.6. The van der Waals surface area contributed by atoms with Crippen molar-refractivity contribution in [3.05, 3.63) is 84.4 Å². The molecule has 1 heterocycles. The fourth-order valence-corrected chi connectivity index (χ4v) is 3.27. The highest BCUT2D eigenvalue weighted by atomic mass is 16.3. The average molecular weight is 399 g/mol. The highest BCUT2D eigenvalue weighted by Gasteiger charge is 2.17. The van der Waals surface area contributed by atoms with Gasteiger partial charge in [0.05, 0.1) is 12.5 Å². The highest BCUT2D eigenvalue weighted by Crippen LogP contribution is 2.25. The summed E-state index contributed by atoms with van der Waals surface area (Å²) in [6.07, 6.45) is 0.135. The van der Waals surface area contributed by atoms with E-state index < -0.39 is 0 Å². The minimum Gasteiger partial charge on any atom is -0.436 e. The summed E-state index contributed by atoms with van der Waals surface area (Å²) >= 11 is 0. The van der Waals surface area contributed by atoms with Crippen LogP contribution in [0.2, 0.25) is 0 Å². The summed E-state index contributed by atoms with van der Waals surface area (Å²) in [6, 6.07) is 24.0. The molecule has 0 aliphatic heterocycles. The van der Waals surface area contributed by atoms with Gasteiger partial charge in [0.1, 0.15) is 5.52 Å². The van der Waals surface area contributed by atoms with Crippen LogP contribution in [0.25, 0.3) is 22.6 Å². The standard InChI is InChI=1S/C24H21N3O3/c1-16(28)25-21(17-7-3-2-4-8-17)15-23(29)26-19-13-11-18(12-14-19)24-27-20-9-5-6-10-22(20)30-24/h2-14,21H,15H2,1H3,(H,25,28)(H,26,29). The van der Waals surface area contributed by atoms with E-state index in [1.165, 1.54) is 6.92 Å². The number of rotatable bonds is 6. The van der Waals surface area contributed by atoms with Gasteiger partial charge in [-0.3, -0.25) is 9.59 Å². The van der Waals surface area contributed by atoms with Gasteiger partial charge in [-0.25, -0.2) is 4.98 Å². The second-order valence-electron chi connectivity index (χ2n) is 6.98. The second-order valence-corrected chi connectivity index (χ2v) is 6.98. The molecule has 1 aromatic heterocycles. The number of fused-ring (bicyclic) bond motifs is 1. The van der Waals surface area contributed by atoms with Gasteiger partial charge in [-0.05, 0) is 42.0 Å². The number of aromatic nitrogens is 1. The van der Waals surface area contributed by atoms with Gasteiger partial charge in [0.2, 0.25) is 17.7 Å². The molecule has 2 amide bonds. The zero-order valence-electron chi connectivity index (χ0n) is 16.5. The monoisotopic (exact) mass is 399 g/mol. The van der Waals surface area contributed by atoms with Crippen LogP contribution in [0.3, 0.4) is 0 Å². The first-order chi connectivity index (χ1) is 14.6.